The Hall–Kier alpha value is -3.81. The van der Waals surface area contributed by atoms with Crippen molar-refractivity contribution >= 4 is 11.5 Å². The molecule has 0 aliphatic carbocycles. The first-order valence-corrected chi connectivity index (χ1v) is 8.18. The molecule has 0 unspecified atom stereocenters. The molecule has 0 saturated carbocycles. The Labute approximate surface area is 154 Å². The summed E-state index contributed by atoms with van der Waals surface area (Å²) in [6.45, 7) is 1.71. The van der Waals surface area contributed by atoms with Crippen LogP contribution in [0.1, 0.15) is 5.56 Å². The van der Waals surface area contributed by atoms with Gasteiger partial charge in [-0.15, -0.1) is 5.10 Å². The second-order valence-corrected chi connectivity index (χ2v) is 5.98. The van der Waals surface area contributed by atoms with Crippen molar-refractivity contribution in [2.75, 3.05) is 7.11 Å². The van der Waals surface area contributed by atoms with Crippen LogP contribution in [0, 0.1) is 17.0 Å². The Morgan fingerprint density at radius 1 is 1.11 bits per heavy atom. The lowest BCUT2D eigenvalue weighted by Crippen LogP contribution is -1.95. The van der Waals surface area contributed by atoms with Gasteiger partial charge in [0.25, 0.3) is 11.5 Å². The summed E-state index contributed by atoms with van der Waals surface area (Å²) >= 11 is 0. The molecule has 0 radical (unpaired) electrons. The second kappa shape index (κ2) is 6.49. The first kappa shape index (κ1) is 16.6. The van der Waals surface area contributed by atoms with Crippen molar-refractivity contribution < 1.29 is 9.66 Å². The number of nitrogens with zero attached hydrogens (tertiary/aromatic N) is 5. The average Bonchev–Trinajstić information content (AvgIpc) is 3.08. The number of fused-ring (bicyclic) bond motifs is 1. The van der Waals surface area contributed by atoms with Crippen LogP contribution in [-0.2, 0) is 0 Å². The number of nitro benzene ring substituents is 1. The first-order valence-electron chi connectivity index (χ1n) is 8.18. The van der Waals surface area contributed by atoms with Gasteiger partial charge in [0, 0.05) is 29.0 Å². The summed E-state index contributed by atoms with van der Waals surface area (Å²) in [5, 5.41) is 19.3. The largest absolute Gasteiger partial charge is 0.497 e. The molecule has 2 heterocycles. The number of benzene rings is 2. The number of ether oxygens (including phenoxy) is 1. The Morgan fingerprint density at radius 2 is 1.85 bits per heavy atom. The monoisotopic (exact) mass is 361 g/mol. The van der Waals surface area contributed by atoms with E-state index in [1.165, 1.54) is 0 Å². The first-order chi connectivity index (χ1) is 13.1. The molecule has 0 spiro atoms. The van der Waals surface area contributed by atoms with Crippen LogP contribution in [0.25, 0.3) is 28.3 Å². The molecule has 0 bridgehead atoms. The van der Waals surface area contributed by atoms with Crippen molar-refractivity contribution in [1.82, 2.24) is 19.6 Å². The highest BCUT2D eigenvalue weighted by atomic mass is 16.6. The van der Waals surface area contributed by atoms with Gasteiger partial charge in [-0.3, -0.25) is 14.5 Å². The van der Waals surface area contributed by atoms with E-state index in [4.69, 9.17) is 4.74 Å². The maximum Gasteiger partial charge on any atom is 0.272 e. The van der Waals surface area contributed by atoms with Crippen LogP contribution in [0.4, 0.5) is 5.69 Å². The van der Waals surface area contributed by atoms with Crippen LogP contribution in [0.15, 0.2) is 54.9 Å². The molecule has 134 valence electrons. The Kier molecular flexibility index (Phi) is 4.00. The van der Waals surface area contributed by atoms with Gasteiger partial charge in [0.05, 0.1) is 29.6 Å². The van der Waals surface area contributed by atoms with Crippen molar-refractivity contribution in [3.8, 4) is 28.3 Å². The van der Waals surface area contributed by atoms with E-state index in [1.807, 2.05) is 30.3 Å². The van der Waals surface area contributed by atoms with Gasteiger partial charge >= 0.3 is 0 Å². The van der Waals surface area contributed by atoms with Gasteiger partial charge in [0.1, 0.15) is 5.75 Å². The second-order valence-electron chi connectivity index (χ2n) is 5.98. The number of aromatic nitrogens is 4. The highest BCUT2D eigenvalue weighted by Crippen LogP contribution is 2.35. The minimum atomic E-state index is -0.380. The Morgan fingerprint density at radius 3 is 2.56 bits per heavy atom. The zero-order valence-electron chi connectivity index (χ0n) is 14.7. The van der Waals surface area contributed by atoms with E-state index in [-0.39, 0.29) is 10.6 Å². The highest BCUT2D eigenvalue weighted by Gasteiger charge is 2.20. The van der Waals surface area contributed by atoms with E-state index in [9.17, 15) is 10.1 Å². The molecule has 0 aliphatic rings. The maximum atomic E-state index is 11.4. The van der Waals surface area contributed by atoms with Crippen LogP contribution in [0.2, 0.25) is 0 Å². The fraction of sp³-hybridized carbons (Fsp3) is 0.105. The lowest BCUT2D eigenvalue weighted by molar-refractivity contribution is -0.385. The molecular formula is C19H15N5O3. The van der Waals surface area contributed by atoms with Crippen molar-refractivity contribution in [3.05, 3.63) is 70.5 Å². The quantitative estimate of drug-likeness (QED) is 0.406. The van der Waals surface area contributed by atoms with Crippen molar-refractivity contribution in [1.29, 1.82) is 0 Å². The molecule has 0 aliphatic heterocycles. The molecule has 4 aromatic rings. The third kappa shape index (κ3) is 2.86. The van der Waals surface area contributed by atoms with Crippen LogP contribution >= 0.6 is 0 Å². The molecule has 4 rings (SSSR count). The number of hydrogen-bond donors (Lipinski definition) is 0. The molecule has 0 fully saturated rings. The average molecular weight is 361 g/mol. The van der Waals surface area contributed by atoms with E-state index in [2.05, 4.69) is 15.2 Å². The topological polar surface area (TPSA) is 95.5 Å². The third-order valence-corrected chi connectivity index (χ3v) is 4.36. The number of methoxy groups -OCH3 is 1. The fourth-order valence-corrected chi connectivity index (χ4v) is 2.99. The summed E-state index contributed by atoms with van der Waals surface area (Å²) in [6.07, 6.45) is 3.29. The van der Waals surface area contributed by atoms with E-state index >= 15 is 0 Å². The lowest BCUT2D eigenvalue weighted by Gasteiger charge is -2.07. The summed E-state index contributed by atoms with van der Waals surface area (Å²) in [6, 6.07) is 12.6. The number of aryl methyl sites for hydroxylation is 1. The molecular weight excluding hydrogens is 346 g/mol. The van der Waals surface area contributed by atoms with Gasteiger partial charge < -0.3 is 4.74 Å². The number of rotatable bonds is 4. The van der Waals surface area contributed by atoms with Crippen LogP contribution in [0.5, 0.6) is 5.75 Å². The van der Waals surface area contributed by atoms with Gasteiger partial charge in [0.15, 0.2) is 0 Å². The molecule has 8 nitrogen and oxygen atoms in total. The van der Waals surface area contributed by atoms with Gasteiger partial charge in [-0.05, 0) is 31.2 Å². The summed E-state index contributed by atoms with van der Waals surface area (Å²) in [7, 11) is 1.60. The molecule has 2 aromatic carbocycles. The normalized spacial score (nSPS) is 10.9. The van der Waals surface area contributed by atoms with Crippen LogP contribution in [-0.4, -0.2) is 31.6 Å². The molecule has 27 heavy (non-hydrogen) atoms. The molecule has 2 aromatic heterocycles. The van der Waals surface area contributed by atoms with E-state index < -0.39 is 0 Å². The van der Waals surface area contributed by atoms with Crippen LogP contribution in [0.3, 0.4) is 0 Å². The predicted molar refractivity (Wildman–Crippen MR) is 99.6 cm³/mol. The van der Waals surface area contributed by atoms with Crippen molar-refractivity contribution in [2.45, 2.75) is 6.92 Å². The molecule has 0 N–H and O–H groups in total. The van der Waals surface area contributed by atoms with Crippen molar-refractivity contribution in [2.24, 2.45) is 0 Å². The fourth-order valence-electron chi connectivity index (χ4n) is 2.99. The highest BCUT2D eigenvalue weighted by molar-refractivity contribution is 5.82. The smallest absolute Gasteiger partial charge is 0.272 e. The number of hydrogen-bond acceptors (Lipinski definition) is 6. The van der Waals surface area contributed by atoms with Crippen LogP contribution < -0.4 is 4.74 Å². The standard InChI is InChI=1S/C19H15N5O3/c1-12-3-4-14(11-16(12)24(25)26)18-17(13-5-7-15(27-2)8-6-13)21-19-22-20-9-10-23(18)19/h3-11H,1-2H3. The zero-order chi connectivity index (χ0) is 19.0. The van der Waals surface area contributed by atoms with Gasteiger partial charge in [-0.25, -0.2) is 4.98 Å². The van der Waals surface area contributed by atoms with E-state index in [0.717, 1.165) is 11.3 Å². The maximum absolute atomic E-state index is 11.4. The molecule has 0 atom stereocenters. The van der Waals surface area contributed by atoms with Gasteiger partial charge in [0.2, 0.25) is 0 Å². The SMILES string of the molecule is COc1ccc(-c2nc3nnccn3c2-c2ccc(C)c([N+](=O)[O-])c2)cc1. The molecule has 8 heteroatoms. The summed E-state index contributed by atoms with van der Waals surface area (Å²) < 4.78 is 6.99. The summed E-state index contributed by atoms with van der Waals surface area (Å²) in [4.78, 5) is 15.6. The zero-order valence-corrected chi connectivity index (χ0v) is 14.7. The minimum absolute atomic E-state index is 0.0603. The number of imidazole rings is 1. The molecule has 0 amide bonds. The number of nitro groups is 1. The van der Waals surface area contributed by atoms with E-state index in [1.54, 1.807) is 43.0 Å². The third-order valence-electron chi connectivity index (χ3n) is 4.36. The predicted octanol–water partition coefficient (Wildman–Crippen LogP) is 3.68. The summed E-state index contributed by atoms with van der Waals surface area (Å²) in [5.74, 6) is 1.15. The Balaban J connectivity index is 1.99. The lowest BCUT2D eigenvalue weighted by atomic mass is 10.0. The van der Waals surface area contributed by atoms with E-state index in [0.29, 0.717) is 28.3 Å². The summed E-state index contributed by atoms with van der Waals surface area (Å²) in [5.41, 5.74) is 3.57. The minimum Gasteiger partial charge on any atom is -0.497 e. The van der Waals surface area contributed by atoms with Gasteiger partial charge in [-0.2, -0.15) is 5.10 Å². The molecule has 0 saturated heterocycles. The van der Waals surface area contributed by atoms with Gasteiger partial charge in [-0.1, -0.05) is 12.1 Å². The Bertz CT molecular complexity index is 1150. The van der Waals surface area contributed by atoms with Crippen molar-refractivity contribution in [3.63, 3.8) is 0 Å².